The molecule has 134 valence electrons. The highest BCUT2D eigenvalue weighted by Crippen LogP contribution is 2.20. The minimum Gasteiger partial charge on any atom is -0.466 e. The molecular formula is C20H30O4. The quantitative estimate of drug-likeness (QED) is 0.334. The van der Waals surface area contributed by atoms with E-state index in [0.717, 1.165) is 31.2 Å². The predicted octanol–water partition coefficient (Wildman–Crippen LogP) is 4.69. The summed E-state index contributed by atoms with van der Waals surface area (Å²) in [5, 5.41) is 0. The van der Waals surface area contributed by atoms with E-state index in [4.69, 9.17) is 9.47 Å². The highest BCUT2D eigenvalue weighted by atomic mass is 16.5. The summed E-state index contributed by atoms with van der Waals surface area (Å²) in [7, 11) is 0. The average molecular weight is 334 g/mol. The summed E-state index contributed by atoms with van der Waals surface area (Å²) in [4.78, 5) is 23.5. The Labute approximate surface area is 145 Å². The van der Waals surface area contributed by atoms with E-state index in [-0.39, 0.29) is 24.8 Å². The van der Waals surface area contributed by atoms with Gasteiger partial charge in [-0.25, -0.2) is 0 Å². The van der Waals surface area contributed by atoms with Crippen LogP contribution in [-0.2, 0) is 20.7 Å². The molecule has 0 aliphatic rings. The molecule has 1 aromatic carbocycles. The van der Waals surface area contributed by atoms with Crippen molar-refractivity contribution >= 4 is 11.9 Å². The lowest BCUT2D eigenvalue weighted by molar-refractivity contribution is -0.144. The monoisotopic (exact) mass is 334 g/mol. The van der Waals surface area contributed by atoms with Gasteiger partial charge in [0.2, 0.25) is 0 Å². The first-order valence-corrected chi connectivity index (χ1v) is 8.97. The van der Waals surface area contributed by atoms with Crippen LogP contribution in [0.15, 0.2) is 24.3 Å². The summed E-state index contributed by atoms with van der Waals surface area (Å²) in [6.07, 6.45) is 4.76. The second-order valence-corrected chi connectivity index (χ2v) is 6.44. The van der Waals surface area contributed by atoms with Crippen molar-refractivity contribution in [3.63, 3.8) is 0 Å². The molecule has 0 radical (unpaired) electrons. The Morgan fingerprint density at radius 3 is 2.46 bits per heavy atom. The average Bonchev–Trinajstić information content (AvgIpc) is 2.53. The van der Waals surface area contributed by atoms with Crippen LogP contribution in [0.3, 0.4) is 0 Å². The van der Waals surface area contributed by atoms with Crippen LogP contribution in [0.25, 0.3) is 0 Å². The van der Waals surface area contributed by atoms with E-state index in [9.17, 15) is 9.59 Å². The number of para-hydroxylation sites is 1. The molecule has 24 heavy (non-hydrogen) atoms. The van der Waals surface area contributed by atoms with Gasteiger partial charge < -0.3 is 9.47 Å². The van der Waals surface area contributed by atoms with E-state index in [1.165, 1.54) is 0 Å². The number of aryl methyl sites for hydroxylation is 1. The Kier molecular flexibility index (Phi) is 9.81. The van der Waals surface area contributed by atoms with Gasteiger partial charge in [0.25, 0.3) is 0 Å². The lowest BCUT2D eigenvalue weighted by Crippen LogP contribution is -2.11. The van der Waals surface area contributed by atoms with E-state index < -0.39 is 0 Å². The van der Waals surface area contributed by atoms with E-state index in [0.29, 0.717) is 24.7 Å². The zero-order valence-electron chi connectivity index (χ0n) is 15.2. The maximum Gasteiger partial charge on any atom is 0.311 e. The molecule has 0 bridgehead atoms. The van der Waals surface area contributed by atoms with E-state index in [1.54, 1.807) is 0 Å². The van der Waals surface area contributed by atoms with Crippen molar-refractivity contribution in [2.45, 2.75) is 65.7 Å². The SMILES string of the molecule is CCCc1ccccc1OC(=O)CCCC(=O)OCCCC(C)C. The standard InChI is InChI=1S/C20H30O4/c1-4-9-17-11-5-6-12-18(17)24-20(22)14-7-13-19(21)23-15-8-10-16(2)3/h5-6,11-12,16H,4,7-10,13-15H2,1-3H3. The van der Waals surface area contributed by atoms with Crippen LogP contribution < -0.4 is 4.74 Å². The van der Waals surface area contributed by atoms with Crippen LogP contribution in [0.5, 0.6) is 5.75 Å². The zero-order valence-corrected chi connectivity index (χ0v) is 15.2. The van der Waals surface area contributed by atoms with Gasteiger partial charge in [-0.05, 0) is 43.2 Å². The smallest absolute Gasteiger partial charge is 0.311 e. The van der Waals surface area contributed by atoms with Crippen LogP contribution in [0.2, 0.25) is 0 Å². The fourth-order valence-electron chi connectivity index (χ4n) is 2.38. The van der Waals surface area contributed by atoms with Gasteiger partial charge in [-0.3, -0.25) is 9.59 Å². The Balaban J connectivity index is 2.23. The van der Waals surface area contributed by atoms with Crippen molar-refractivity contribution in [2.75, 3.05) is 6.61 Å². The number of ether oxygens (including phenoxy) is 2. The van der Waals surface area contributed by atoms with Crippen LogP contribution in [0, 0.1) is 5.92 Å². The van der Waals surface area contributed by atoms with Crippen molar-refractivity contribution in [3.8, 4) is 5.75 Å². The van der Waals surface area contributed by atoms with Crippen molar-refractivity contribution in [1.82, 2.24) is 0 Å². The van der Waals surface area contributed by atoms with Gasteiger partial charge in [0, 0.05) is 12.8 Å². The second-order valence-electron chi connectivity index (χ2n) is 6.44. The molecule has 4 nitrogen and oxygen atoms in total. The molecule has 0 saturated heterocycles. The van der Waals surface area contributed by atoms with Crippen LogP contribution >= 0.6 is 0 Å². The topological polar surface area (TPSA) is 52.6 Å². The van der Waals surface area contributed by atoms with Crippen molar-refractivity contribution < 1.29 is 19.1 Å². The van der Waals surface area contributed by atoms with Gasteiger partial charge in [0.15, 0.2) is 0 Å². The summed E-state index contributed by atoms with van der Waals surface area (Å²) >= 11 is 0. The van der Waals surface area contributed by atoms with Crippen LogP contribution in [0.4, 0.5) is 0 Å². The van der Waals surface area contributed by atoms with Crippen molar-refractivity contribution in [1.29, 1.82) is 0 Å². The minimum absolute atomic E-state index is 0.224. The number of rotatable bonds is 11. The lowest BCUT2D eigenvalue weighted by atomic mass is 10.1. The molecule has 0 amide bonds. The van der Waals surface area contributed by atoms with Crippen LogP contribution in [0.1, 0.15) is 64.9 Å². The van der Waals surface area contributed by atoms with E-state index >= 15 is 0 Å². The second kappa shape index (κ2) is 11.7. The Hall–Kier alpha value is -1.84. The molecule has 0 fully saturated rings. The molecule has 4 heteroatoms. The third-order valence-electron chi connectivity index (χ3n) is 3.67. The zero-order chi connectivity index (χ0) is 17.8. The molecule has 0 atom stereocenters. The lowest BCUT2D eigenvalue weighted by Gasteiger charge is -2.09. The number of carbonyl (C=O) groups is 2. The number of hydrogen-bond donors (Lipinski definition) is 0. The Bertz CT molecular complexity index is 508. The van der Waals surface area contributed by atoms with E-state index in [1.807, 2.05) is 24.3 Å². The third kappa shape index (κ3) is 8.70. The first-order valence-electron chi connectivity index (χ1n) is 8.97. The molecule has 0 aliphatic carbocycles. The highest BCUT2D eigenvalue weighted by Gasteiger charge is 2.10. The van der Waals surface area contributed by atoms with E-state index in [2.05, 4.69) is 20.8 Å². The van der Waals surface area contributed by atoms with Gasteiger partial charge in [0.1, 0.15) is 5.75 Å². The highest BCUT2D eigenvalue weighted by molar-refractivity contribution is 5.74. The number of hydrogen-bond acceptors (Lipinski definition) is 4. The summed E-state index contributed by atoms with van der Waals surface area (Å²) in [6, 6.07) is 7.58. The molecule has 0 spiro atoms. The molecular weight excluding hydrogens is 304 g/mol. The molecule has 0 unspecified atom stereocenters. The minimum atomic E-state index is -0.300. The fourth-order valence-corrected chi connectivity index (χ4v) is 2.38. The molecule has 0 heterocycles. The first kappa shape index (κ1) is 20.2. The first-order chi connectivity index (χ1) is 11.5. The fraction of sp³-hybridized carbons (Fsp3) is 0.600. The number of carbonyl (C=O) groups excluding carboxylic acids is 2. The molecule has 0 aliphatic heterocycles. The summed E-state index contributed by atoms with van der Waals surface area (Å²) in [5.74, 6) is 0.707. The summed E-state index contributed by atoms with van der Waals surface area (Å²) in [5.41, 5.74) is 1.04. The van der Waals surface area contributed by atoms with Gasteiger partial charge in [-0.15, -0.1) is 0 Å². The predicted molar refractivity (Wildman–Crippen MR) is 95.0 cm³/mol. The van der Waals surface area contributed by atoms with Crippen LogP contribution in [-0.4, -0.2) is 18.5 Å². The molecule has 1 aromatic rings. The maximum absolute atomic E-state index is 11.9. The third-order valence-corrected chi connectivity index (χ3v) is 3.67. The Morgan fingerprint density at radius 1 is 1.04 bits per heavy atom. The maximum atomic E-state index is 11.9. The molecule has 1 rings (SSSR count). The summed E-state index contributed by atoms with van der Waals surface area (Å²) < 4.78 is 10.6. The van der Waals surface area contributed by atoms with Crippen molar-refractivity contribution in [3.05, 3.63) is 29.8 Å². The largest absolute Gasteiger partial charge is 0.466 e. The van der Waals surface area contributed by atoms with Crippen molar-refractivity contribution in [2.24, 2.45) is 5.92 Å². The van der Waals surface area contributed by atoms with Gasteiger partial charge in [0.05, 0.1) is 6.61 Å². The molecule has 0 aromatic heterocycles. The summed E-state index contributed by atoms with van der Waals surface area (Å²) in [6.45, 7) is 6.84. The normalized spacial score (nSPS) is 10.7. The van der Waals surface area contributed by atoms with Gasteiger partial charge in [-0.1, -0.05) is 45.4 Å². The molecule has 0 N–H and O–H groups in total. The Morgan fingerprint density at radius 2 is 1.75 bits per heavy atom. The number of esters is 2. The number of benzene rings is 1. The van der Waals surface area contributed by atoms with Gasteiger partial charge >= 0.3 is 11.9 Å². The molecule has 0 saturated carbocycles. The van der Waals surface area contributed by atoms with Gasteiger partial charge in [-0.2, -0.15) is 0 Å².